The van der Waals surface area contributed by atoms with Gasteiger partial charge in [0.25, 0.3) is 0 Å². The quantitative estimate of drug-likeness (QED) is 0.275. The lowest BCUT2D eigenvalue weighted by Gasteiger charge is -2.08. The van der Waals surface area contributed by atoms with Gasteiger partial charge in [-0.3, -0.25) is 5.10 Å². The van der Waals surface area contributed by atoms with Gasteiger partial charge in [-0.1, -0.05) is 12.1 Å². The molecule has 172 valence electrons. The summed E-state index contributed by atoms with van der Waals surface area (Å²) in [6.07, 6.45) is 0. The van der Waals surface area contributed by atoms with Crippen LogP contribution in [0.5, 0.6) is 5.75 Å². The summed E-state index contributed by atoms with van der Waals surface area (Å²) in [5.74, 6) is 0.792. The standard InChI is InChI=1S/C24H31N3O5/c1-28-10-11-29-12-13-30-14-15-31-16-17-32-22-8-4-20(5-9-22)24-18-23(26-27-24)19-2-6-21(25)7-3-19/h2-9,18H,10-17,25H2,1H3,(H,26,27). The van der Waals surface area contributed by atoms with Crippen LogP contribution in [0.1, 0.15) is 0 Å². The number of nitrogen functional groups attached to an aromatic ring is 1. The Morgan fingerprint density at radius 2 is 1.28 bits per heavy atom. The normalized spacial score (nSPS) is 11.0. The molecule has 0 aliphatic carbocycles. The highest BCUT2D eigenvalue weighted by atomic mass is 16.6. The molecule has 0 unspecified atom stereocenters. The van der Waals surface area contributed by atoms with E-state index in [1.54, 1.807) is 7.11 Å². The monoisotopic (exact) mass is 441 g/mol. The van der Waals surface area contributed by atoms with Crippen molar-refractivity contribution in [1.82, 2.24) is 10.2 Å². The van der Waals surface area contributed by atoms with Crippen molar-refractivity contribution >= 4 is 5.69 Å². The molecule has 0 atom stereocenters. The minimum absolute atomic E-state index is 0.477. The Morgan fingerprint density at radius 3 is 1.91 bits per heavy atom. The van der Waals surface area contributed by atoms with Crippen LogP contribution in [0.3, 0.4) is 0 Å². The van der Waals surface area contributed by atoms with Gasteiger partial charge in [0, 0.05) is 18.4 Å². The van der Waals surface area contributed by atoms with E-state index in [9.17, 15) is 0 Å². The van der Waals surface area contributed by atoms with Crippen LogP contribution < -0.4 is 10.5 Å². The van der Waals surface area contributed by atoms with Crippen molar-refractivity contribution in [2.75, 3.05) is 65.7 Å². The van der Waals surface area contributed by atoms with Gasteiger partial charge in [0.1, 0.15) is 12.4 Å². The van der Waals surface area contributed by atoms with Crippen molar-refractivity contribution in [2.45, 2.75) is 0 Å². The van der Waals surface area contributed by atoms with Gasteiger partial charge in [-0.2, -0.15) is 5.10 Å². The van der Waals surface area contributed by atoms with Crippen LogP contribution in [-0.4, -0.2) is 70.2 Å². The van der Waals surface area contributed by atoms with Gasteiger partial charge in [0.2, 0.25) is 0 Å². The molecule has 0 spiro atoms. The number of nitrogens with two attached hydrogens (primary N) is 1. The molecular formula is C24H31N3O5. The van der Waals surface area contributed by atoms with Gasteiger partial charge in [0.05, 0.1) is 57.6 Å². The second-order valence-electron chi connectivity index (χ2n) is 6.99. The van der Waals surface area contributed by atoms with E-state index in [1.807, 2.05) is 54.6 Å². The SMILES string of the molecule is COCCOCCOCCOCCOc1ccc(-c2cc(-c3ccc(N)cc3)n[nH]2)cc1. The lowest BCUT2D eigenvalue weighted by molar-refractivity contribution is 0.000164. The predicted octanol–water partition coefficient (Wildman–Crippen LogP) is 3.40. The second-order valence-corrected chi connectivity index (χ2v) is 6.99. The third-order valence-corrected chi connectivity index (χ3v) is 4.62. The summed E-state index contributed by atoms with van der Waals surface area (Å²) in [6, 6.07) is 17.5. The molecule has 2 aromatic carbocycles. The van der Waals surface area contributed by atoms with E-state index in [1.165, 1.54) is 0 Å². The van der Waals surface area contributed by atoms with Crippen molar-refractivity contribution in [3.63, 3.8) is 0 Å². The van der Waals surface area contributed by atoms with E-state index in [2.05, 4.69) is 10.2 Å². The molecule has 3 N–H and O–H groups in total. The molecule has 0 amide bonds. The van der Waals surface area contributed by atoms with E-state index >= 15 is 0 Å². The average Bonchev–Trinajstić information content (AvgIpc) is 3.31. The molecule has 0 saturated heterocycles. The number of methoxy groups -OCH3 is 1. The zero-order chi connectivity index (χ0) is 22.4. The van der Waals surface area contributed by atoms with Crippen molar-refractivity contribution < 1.29 is 23.7 Å². The van der Waals surface area contributed by atoms with Gasteiger partial charge < -0.3 is 29.4 Å². The van der Waals surface area contributed by atoms with E-state index in [4.69, 9.17) is 29.4 Å². The summed E-state index contributed by atoms with van der Waals surface area (Å²) in [6.45, 7) is 4.33. The van der Waals surface area contributed by atoms with Gasteiger partial charge in [-0.25, -0.2) is 0 Å². The van der Waals surface area contributed by atoms with E-state index in [0.717, 1.165) is 34.0 Å². The van der Waals surface area contributed by atoms with Crippen LogP contribution in [-0.2, 0) is 18.9 Å². The topological polar surface area (TPSA) is 101 Å². The Bertz CT molecular complexity index is 897. The molecule has 0 saturated carbocycles. The molecule has 32 heavy (non-hydrogen) atoms. The van der Waals surface area contributed by atoms with Gasteiger partial charge >= 0.3 is 0 Å². The number of hydrogen-bond acceptors (Lipinski definition) is 7. The first kappa shape index (κ1) is 23.7. The summed E-state index contributed by atoms with van der Waals surface area (Å²) in [4.78, 5) is 0. The van der Waals surface area contributed by atoms with Crippen LogP contribution in [0.2, 0.25) is 0 Å². The Labute approximate surface area is 188 Å². The van der Waals surface area contributed by atoms with Crippen LogP contribution in [0.15, 0.2) is 54.6 Å². The third-order valence-electron chi connectivity index (χ3n) is 4.62. The molecule has 0 bridgehead atoms. The number of hydrogen-bond donors (Lipinski definition) is 2. The number of benzene rings is 2. The smallest absolute Gasteiger partial charge is 0.119 e. The molecule has 8 nitrogen and oxygen atoms in total. The largest absolute Gasteiger partial charge is 0.491 e. The molecule has 0 radical (unpaired) electrons. The number of aromatic amines is 1. The number of ether oxygens (including phenoxy) is 5. The highest BCUT2D eigenvalue weighted by molar-refractivity contribution is 5.69. The molecule has 0 aliphatic rings. The lowest BCUT2D eigenvalue weighted by Crippen LogP contribution is -2.13. The minimum atomic E-state index is 0.477. The van der Waals surface area contributed by atoms with E-state index < -0.39 is 0 Å². The predicted molar refractivity (Wildman–Crippen MR) is 124 cm³/mol. The average molecular weight is 442 g/mol. The number of anilines is 1. The summed E-state index contributed by atoms with van der Waals surface area (Å²) < 4.78 is 26.9. The maximum atomic E-state index is 5.75. The fourth-order valence-electron chi connectivity index (χ4n) is 2.90. The second kappa shape index (κ2) is 13.5. The molecule has 0 aliphatic heterocycles. The first-order valence-electron chi connectivity index (χ1n) is 10.6. The van der Waals surface area contributed by atoms with Gasteiger partial charge in [0.15, 0.2) is 0 Å². The van der Waals surface area contributed by atoms with E-state index in [-0.39, 0.29) is 0 Å². The molecule has 1 heterocycles. The fourth-order valence-corrected chi connectivity index (χ4v) is 2.90. The number of aromatic nitrogens is 2. The van der Waals surface area contributed by atoms with Crippen molar-refractivity contribution in [2.24, 2.45) is 0 Å². The summed E-state index contributed by atoms with van der Waals surface area (Å²) >= 11 is 0. The first-order chi connectivity index (χ1) is 15.8. The number of rotatable bonds is 15. The molecular weight excluding hydrogens is 410 g/mol. The first-order valence-corrected chi connectivity index (χ1v) is 10.6. The van der Waals surface area contributed by atoms with E-state index in [0.29, 0.717) is 52.9 Å². The Hall–Kier alpha value is -2.91. The summed E-state index contributed by atoms with van der Waals surface area (Å²) in [7, 11) is 1.65. The van der Waals surface area contributed by atoms with Crippen LogP contribution in [0, 0.1) is 0 Å². The summed E-state index contributed by atoms with van der Waals surface area (Å²) in [5, 5.41) is 7.47. The highest BCUT2D eigenvalue weighted by Crippen LogP contribution is 2.25. The number of nitrogens with one attached hydrogen (secondary N) is 1. The molecule has 3 aromatic rings. The Morgan fingerprint density at radius 1 is 0.719 bits per heavy atom. The Kier molecular flexibility index (Phi) is 10.0. The maximum absolute atomic E-state index is 5.75. The van der Waals surface area contributed by atoms with Gasteiger partial charge in [-0.15, -0.1) is 0 Å². The lowest BCUT2D eigenvalue weighted by atomic mass is 10.1. The third kappa shape index (κ3) is 7.97. The van der Waals surface area contributed by atoms with Crippen molar-refractivity contribution in [3.8, 4) is 28.3 Å². The molecule has 3 rings (SSSR count). The van der Waals surface area contributed by atoms with Crippen molar-refractivity contribution in [1.29, 1.82) is 0 Å². The minimum Gasteiger partial charge on any atom is -0.491 e. The maximum Gasteiger partial charge on any atom is 0.119 e. The number of H-pyrrole nitrogens is 1. The zero-order valence-electron chi connectivity index (χ0n) is 18.4. The van der Waals surface area contributed by atoms with Crippen LogP contribution >= 0.6 is 0 Å². The van der Waals surface area contributed by atoms with Crippen LogP contribution in [0.4, 0.5) is 5.69 Å². The highest BCUT2D eigenvalue weighted by Gasteiger charge is 2.06. The zero-order valence-corrected chi connectivity index (χ0v) is 18.4. The fraction of sp³-hybridized carbons (Fsp3) is 0.375. The van der Waals surface area contributed by atoms with Crippen molar-refractivity contribution in [3.05, 3.63) is 54.6 Å². The molecule has 0 fully saturated rings. The summed E-state index contributed by atoms with van der Waals surface area (Å²) in [5.41, 5.74) is 10.3. The molecule has 8 heteroatoms. The van der Waals surface area contributed by atoms with Crippen LogP contribution in [0.25, 0.3) is 22.5 Å². The molecule has 1 aromatic heterocycles. The van der Waals surface area contributed by atoms with Gasteiger partial charge in [-0.05, 0) is 48.0 Å². The Balaban J connectivity index is 1.30. The number of nitrogens with zero attached hydrogens (tertiary/aromatic N) is 1.